The fraction of sp³-hybridized carbons (Fsp3) is 0.875. The second-order valence-electron chi connectivity index (χ2n) is 7.09. The van der Waals surface area contributed by atoms with Crippen LogP contribution in [0.2, 0.25) is 0 Å². The molecule has 0 saturated heterocycles. The predicted molar refractivity (Wildman–Crippen MR) is 87.7 cm³/mol. The van der Waals surface area contributed by atoms with Gasteiger partial charge in [0.2, 0.25) is 0 Å². The topological polar surface area (TPSA) is 85.1 Å². The Kier molecular flexibility index (Phi) is 5.06. The molecule has 0 atom stereocenters. The molecule has 6 nitrogen and oxygen atoms in total. The van der Waals surface area contributed by atoms with Crippen LogP contribution in [0, 0.1) is 0 Å². The number of hydrogen-bond acceptors (Lipinski definition) is 5. The first-order valence-corrected chi connectivity index (χ1v) is 10.6. The summed E-state index contributed by atoms with van der Waals surface area (Å²) in [5.41, 5.74) is -0.286. The zero-order valence-corrected chi connectivity index (χ0v) is 14.5. The summed E-state index contributed by atoms with van der Waals surface area (Å²) in [4.78, 5) is 0. The van der Waals surface area contributed by atoms with E-state index in [4.69, 9.17) is 0 Å². The molecule has 0 aromatic carbocycles. The molecule has 1 aromatic heterocycles. The average Bonchev–Trinajstić information content (AvgIpc) is 3.05. The van der Waals surface area contributed by atoms with Gasteiger partial charge in [-0.25, -0.2) is 8.42 Å². The lowest BCUT2D eigenvalue weighted by molar-refractivity contribution is -0.00474. The van der Waals surface area contributed by atoms with Crippen molar-refractivity contribution in [1.82, 2.24) is 15.0 Å². The Labute approximate surface area is 138 Å². The van der Waals surface area contributed by atoms with E-state index in [1.807, 2.05) is 0 Å². The first-order valence-electron chi connectivity index (χ1n) is 8.84. The van der Waals surface area contributed by atoms with Gasteiger partial charge in [0, 0.05) is 0 Å². The lowest BCUT2D eigenvalue weighted by Crippen LogP contribution is -2.29. The molecule has 2 aliphatic carbocycles. The molecule has 7 heteroatoms. The number of nitrogens with zero attached hydrogens (tertiary/aromatic N) is 3. The van der Waals surface area contributed by atoms with Gasteiger partial charge in [-0.15, -0.1) is 5.10 Å². The Morgan fingerprint density at radius 2 is 1.78 bits per heavy atom. The second-order valence-corrected chi connectivity index (χ2v) is 9.49. The summed E-state index contributed by atoms with van der Waals surface area (Å²) in [6, 6.07) is 0. The highest BCUT2D eigenvalue weighted by molar-refractivity contribution is 7.92. The summed E-state index contributed by atoms with van der Waals surface area (Å²) in [6.45, 7) is 0.321. The van der Waals surface area contributed by atoms with Crippen LogP contribution in [-0.2, 0) is 22.0 Å². The van der Waals surface area contributed by atoms with Crippen molar-refractivity contribution < 1.29 is 13.5 Å². The highest BCUT2D eigenvalue weighted by Gasteiger charge is 2.34. The van der Waals surface area contributed by atoms with Crippen LogP contribution in [0.1, 0.15) is 69.9 Å². The number of sulfone groups is 1. The maximum Gasteiger partial charge on any atom is 0.154 e. The van der Waals surface area contributed by atoms with Crippen LogP contribution in [0.15, 0.2) is 6.20 Å². The molecule has 0 bridgehead atoms. The smallest absolute Gasteiger partial charge is 0.154 e. The molecule has 2 fully saturated rings. The summed E-state index contributed by atoms with van der Waals surface area (Å²) in [7, 11) is -3.06. The molecule has 0 amide bonds. The van der Waals surface area contributed by atoms with Gasteiger partial charge in [-0.1, -0.05) is 43.7 Å². The van der Waals surface area contributed by atoms with E-state index in [1.165, 1.54) is 0 Å². The molecular weight excluding hydrogens is 314 g/mol. The van der Waals surface area contributed by atoms with Crippen LogP contribution >= 0.6 is 0 Å². The van der Waals surface area contributed by atoms with Crippen LogP contribution in [0.3, 0.4) is 0 Å². The third-order valence-electron chi connectivity index (χ3n) is 5.36. The minimum absolute atomic E-state index is 0.110. The van der Waals surface area contributed by atoms with Crippen LogP contribution in [-0.4, -0.2) is 39.5 Å². The molecule has 1 aromatic rings. The average molecular weight is 341 g/mol. The third kappa shape index (κ3) is 3.94. The Morgan fingerprint density at radius 1 is 1.13 bits per heavy atom. The summed E-state index contributed by atoms with van der Waals surface area (Å²) < 4.78 is 26.4. The van der Waals surface area contributed by atoms with E-state index in [9.17, 15) is 13.5 Å². The maximum absolute atomic E-state index is 12.4. The monoisotopic (exact) mass is 341 g/mol. The zero-order chi connectivity index (χ0) is 16.3. The van der Waals surface area contributed by atoms with E-state index in [-0.39, 0.29) is 11.0 Å². The second kappa shape index (κ2) is 6.89. The third-order valence-corrected chi connectivity index (χ3v) is 7.60. The number of rotatable bonds is 5. The number of aliphatic hydroxyl groups is 1. The van der Waals surface area contributed by atoms with Gasteiger partial charge in [0.1, 0.15) is 11.3 Å². The number of aryl methyl sites for hydroxylation is 1. The fourth-order valence-corrected chi connectivity index (χ4v) is 5.65. The van der Waals surface area contributed by atoms with Gasteiger partial charge in [0.25, 0.3) is 0 Å². The minimum Gasteiger partial charge on any atom is -0.383 e. The van der Waals surface area contributed by atoms with Gasteiger partial charge < -0.3 is 5.11 Å². The molecule has 0 unspecified atom stereocenters. The summed E-state index contributed by atoms with van der Waals surface area (Å²) in [5.74, 6) is 0.110. The normalized spacial score (nSPS) is 23.0. The van der Waals surface area contributed by atoms with Gasteiger partial charge in [0.05, 0.1) is 23.7 Å². The minimum atomic E-state index is -3.06. The molecule has 23 heavy (non-hydrogen) atoms. The summed E-state index contributed by atoms with van der Waals surface area (Å²) in [5, 5.41) is 18.6. The largest absolute Gasteiger partial charge is 0.383 e. The van der Waals surface area contributed by atoms with E-state index in [0.29, 0.717) is 25.1 Å². The predicted octanol–water partition coefficient (Wildman–Crippen LogP) is 2.18. The molecule has 0 radical (unpaired) electrons. The standard InChI is InChI=1S/C16H27N3O3S/c20-16(9-5-2-6-10-16)15-13-19(18-17-15)11-12-23(21,22)14-7-3-1-4-8-14/h13-14,20H,1-12H2. The van der Waals surface area contributed by atoms with Crippen molar-refractivity contribution >= 4 is 9.84 Å². The Morgan fingerprint density at radius 3 is 2.48 bits per heavy atom. The molecule has 2 saturated carbocycles. The lowest BCUT2D eigenvalue weighted by atomic mass is 9.83. The van der Waals surface area contributed by atoms with E-state index in [2.05, 4.69) is 10.3 Å². The fourth-order valence-electron chi connectivity index (χ4n) is 3.83. The van der Waals surface area contributed by atoms with E-state index < -0.39 is 15.4 Å². The van der Waals surface area contributed by atoms with Crippen LogP contribution in [0.4, 0.5) is 0 Å². The SMILES string of the molecule is O=S(=O)(CCn1cc(C2(O)CCCCC2)nn1)C1CCCCC1. The lowest BCUT2D eigenvalue weighted by Gasteiger charge is -2.29. The van der Waals surface area contributed by atoms with E-state index in [0.717, 1.165) is 51.4 Å². The molecule has 130 valence electrons. The van der Waals surface area contributed by atoms with Crippen molar-refractivity contribution in [2.45, 2.75) is 81.6 Å². The highest BCUT2D eigenvalue weighted by Crippen LogP contribution is 2.35. The van der Waals surface area contributed by atoms with E-state index >= 15 is 0 Å². The Hall–Kier alpha value is -0.950. The molecule has 0 aliphatic heterocycles. The molecule has 1 heterocycles. The van der Waals surface area contributed by atoms with Crippen molar-refractivity contribution in [3.63, 3.8) is 0 Å². The van der Waals surface area contributed by atoms with Crippen molar-refractivity contribution in [3.8, 4) is 0 Å². The van der Waals surface area contributed by atoms with Crippen LogP contribution in [0.5, 0.6) is 0 Å². The Balaban J connectivity index is 1.60. The summed E-state index contributed by atoms with van der Waals surface area (Å²) in [6.07, 6.45) is 11.1. The number of hydrogen-bond donors (Lipinski definition) is 1. The first-order chi connectivity index (χ1) is 11.0. The summed E-state index contributed by atoms with van der Waals surface area (Å²) >= 11 is 0. The van der Waals surface area contributed by atoms with Gasteiger partial charge >= 0.3 is 0 Å². The molecule has 2 aliphatic rings. The van der Waals surface area contributed by atoms with Crippen molar-refractivity contribution in [3.05, 3.63) is 11.9 Å². The molecular formula is C16H27N3O3S. The zero-order valence-electron chi connectivity index (χ0n) is 13.7. The van der Waals surface area contributed by atoms with Gasteiger partial charge in [-0.2, -0.15) is 0 Å². The quantitative estimate of drug-likeness (QED) is 0.887. The van der Waals surface area contributed by atoms with Gasteiger partial charge in [-0.05, 0) is 25.7 Å². The molecule has 1 N–H and O–H groups in total. The van der Waals surface area contributed by atoms with Crippen molar-refractivity contribution in [1.29, 1.82) is 0 Å². The van der Waals surface area contributed by atoms with Crippen LogP contribution < -0.4 is 0 Å². The Bertz CT molecular complexity index is 614. The van der Waals surface area contributed by atoms with Gasteiger partial charge in [-0.3, -0.25) is 4.68 Å². The number of aromatic nitrogens is 3. The van der Waals surface area contributed by atoms with Crippen molar-refractivity contribution in [2.24, 2.45) is 0 Å². The first kappa shape index (κ1) is 16.9. The molecule has 3 rings (SSSR count). The van der Waals surface area contributed by atoms with E-state index in [1.54, 1.807) is 10.9 Å². The highest BCUT2D eigenvalue weighted by atomic mass is 32.2. The maximum atomic E-state index is 12.4. The van der Waals surface area contributed by atoms with Gasteiger partial charge in [0.15, 0.2) is 9.84 Å². The van der Waals surface area contributed by atoms with Crippen molar-refractivity contribution in [2.75, 3.05) is 5.75 Å². The molecule has 0 spiro atoms. The van der Waals surface area contributed by atoms with Crippen LogP contribution in [0.25, 0.3) is 0 Å².